The van der Waals surface area contributed by atoms with Crippen molar-refractivity contribution in [2.75, 3.05) is 0 Å². The third kappa shape index (κ3) is 1.87. The molecule has 1 unspecified atom stereocenters. The summed E-state index contributed by atoms with van der Waals surface area (Å²) in [7, 11) is 0. The number of aliphatic hydroxyl groups excluding tert-OH is 1. The Morgan fingerprint density at radius 1 is 1.29 bits per heavy atom. The van der Waals surface area contributed by atoms with Crippen LogP contribution in [0.25, 0.3) is 0 Å². The molecular weight excluding hydrogens is 212 g/mol. The number of aryl methyl sites for hydroxylation is 1. The molecule has 1 heterocycles. The smallest absolute Gasteiger partial charge is 0.0951 e. The van der Waals surface area contributed by atoms with Crippen LogP contribution >= 0.6 is 0 Å². The monoisotopic (exact) mass is 228 g/mol. The Bertz CT molecular complexity index is 518. The molecule has 0 spiro atoms. The summed E-state index contributed by atoms with van der Waals surface area (Å²) in [6.07, 6.45) is 6.87. The molecule has 1 atom stereocenters. The minimum Gasteiger partial charge on any atom is -0.390 e. The van der Waals surface area contributed by atoms with Crippen LogP contribution in [0.2, 0.25) is 0 Å². The van der Waals surface area contributed by atoms with Gasteiger partial charge in [0.2, 0.25) is 0 Å². The van der Waals surface area contributed by atoms with Crippen LogP contribution in [0.1, 0.15) is 29.3 Å². The molecule has 17 heavy (non-hydrogen) atoms. The molecule has 1 N–H and O–H groups in total. The number of nitrogens with zero attached hydrogens (tertiary/aromatic N) is 2. The predicted molar refractivity (Wildman–Crippen MR) is 65.7 cm³/mol. The van der Waals surface area contributed by atoms with Crippen molar-refractivity contribution < 1.29 is 5.11 Å². The van der Waals surface area contributed by atoms with Gasteiger partial charge in [0.1, 0.15) is 0 Å². The molecule has 3 nitrogen and oxygen atoms in total. The van der Waals surface area contributed by atoms with Crippen molar-refractivity contribution in [1.29, 1.82) is 0 Å². The van der Waals surface area contributed by atoms with Crippen LogP contribution in [0.4, 0.5) is 0 Å². The second kappa shape index (κ2) is 4.34. The first-order valence-corrected chi connectivity index (χ1v) is 6.07. The van der Waals surface area contributed by atoms with Gasteiger partial charge in [0, 0.05) is 6.04 Å². The van der Waals surface area contributed by atoms with E-state index in [1.165, 1.54) is 11.1 Å². The van der Waals surface area contributed by atoms with Crippen LogP contribution in [0, 0.1) is 0 Å². The van der Waals surface area contributed by atoms with E-state index >= 15 is 0 Å². The second-order valence-corrected chi connectivity index (χ2v) is 4.62. The lowest BCUT2D eigenvalue weighted by atomic mass is 9.88. The fourth-order valence-corrected chi connectivity index (χ4v) is 2.70. The average Bonchev–Trinajstić information content (AvgIpc) is 2.86. The van der Waals surface area contributed by atoms with E-state index in [9.17, 15) is 5.11 Å². The van der Waals surface area contributed by atoms with Gasteiger partial charge in [-0.25, -0.2) is 4.98 Å². The van der Waals surface area contributed by atoms with E-state index in [4.69, 9.17) is 0 Å². The number of imidazole rings is 1. The van der Waals surface area contributed by atoms with Gasteiger partial charge in [0.15, 0.2) is 0 Å². The highest BCUT2D eigenvalue weighted by Crippen LogP contribution is 2.29. The number of benzene rings is 1. The molecular formula is C14H16N2O. The zero-order valence-corrected chi connectivity index (χ0v) is 9.71. The second-order valence-electron chi connectivity index (χ2n) is 4.62. The fraction of sp³-hybridized carbons (Fsp3) is 0.357. The third-order valence-corrected chi connectivity index (χ3v) is 3.62. The third-order valence-electron chi connectivity index (χ3n) is 3.62. The molecule has 1 aliphatic rings. The molecule has 0 aliphatic heterocycles. The predicted octanol–water partition coefficient (Wildman–Crippen LogP) is 2.11. The van der Waals surface area contributed by atoms with Crippen LogP contribution in [0.3, 0.4) is 0 Å². The van der Waals surface area contributed by atoms with E-state index in [2.05, 4.69) is 33.8 Å². The first kappa shape index (κ1) is 10.5. The van der Waals surface area contributed by atoms with Crippen LogP contribution in [-0.4, -0.2) is 14.7 Å². The van der Waals surface area contributed by atoms with Gasteiger partial charge in [-0.3, -0.25) is 0 Å². The number of rotatable bonds is 2. The largest absolute Gasteiger partial charge is 0.390 e. The van der Waals surface area contributed by atoms with Crippen molar-refractivity contribution in [3.63, 3.8) is 0 Å². The highest BCUT2D eigenvalue weighted by atomic mass is 16.3. The summed E-state index contributed by atoms with van der Waals surface area (Å²) in [6.45, 7) is 0.0676. The Balaban J connectivity index is 1.89. The Morgan fingerprint density at radius 2 is 2.12 bits per heavy atom. The Labute approximate surface area is 101 Å². The molecule has 1 aliphatic carbocycles. The number of hydrogen-bond acceptors (Lipinski definition) is 2. The van der Waals surface area contributed by atoms with Crippen molar-refractivity contribution in [2.24, 2.45) is 0 Å². The van der Waals surface area contributed by atoms with Crippen molar-refractivity contribution in [1.82, 2.24) is 9.55 Å². The summed E-state index contributed by atoms with van der Waals surface area (Å²) in [6, 6.07) is 9.07. The van der Waals surface area contributed by atoms with Crippen LogP contribution in [0.15, 0.2) is 36.8 Å². The van der Waals surface area contributed by atoms with Gasteiger partial charge in [0.05, 0.1) is 24.8 Å². The fourth-order valence-electron chi connectivity index (χ4n) is 2.70. The lowest BCUT2D eigenvalue weighted by molar-refractivity contribution is 0.263. The molecule has 1 aromatic carbocycles. The van der Waals surface area contributed by atoms with Gasteiger partial charge < -0.3 is 9.67 Å². The summed E-state index contributed by atoms with van der Waals surface area (Å²) >= 11 is 0. The minimum absolute atomic E-state index is 0.0676. The molecule has 0 amide bonds. The Hall–Kier alpha value is -1.61. The van der Waals surface area contributed by atoms with E-state index in [-0.39, 0.29) is 6.61 Å². The SMILES string of the molecule is OCc1cncn1C1CCc2ccccc2C1. The standard InChI is InChI=1S/C14H16N2O/c17-9-14-8-15-10-16(14)13-6-5-11-3-1-2-4-12(11)7-13/h1-4,8,10,13,17H,5-7,9H2. The Kier molecular flexibility index (Phi) is 2.69. The topological polar surface area (TPSA) is 38.1 Å². The summed E-state index contributed by atoms with van der Waals surface area (Å²) in [5.74, 6) is 0. The lowest BCUT2D eigenvalue weighted by Crippen LogP contribution is -2.19. The summed E-state index contributed by atoms with van der Waals surface area (Å²) in [5.41, 5.74) is 3.81. The first-order chi connectivity index (χ1) is 8.38. The molecule has 3 heteroatoms. The molecule has 0 bridgehead atoms. The molecule has 0 radical (unpaired) electrons. The maximum atomic E-state index is 9.27. The summed E-state index contributed by atoms with van der Waals surface area (Å²) in [4.78, 5) is 4.13. The maximum Gasteiger partial charge on any atom is 0.0951 e. The molecule has 2 aromatic rings. The van der Waals surface area contributed by atoms with E-state index in [1.807, 2.05) is 6.33 Å². The quantitative estimate of drug-likeness (QED) is 0.854. The number of aromatic nitrogens is 2. The highest BCUT2D eigenvalue weighted by molar-refractivity contribution is 5.30. The zero-order chi connectivity index (χ0) is 11.7. The van der Waals surface area contributed by atoms with Gasteiger partial charge in [-0.2, -0.15) is 0 Å². The van der Waals surface area contributed by atoms with E-state index in [0.717, 1.165) is 25.0 Å². The van der Waals surface area contributed by atoms with Crippen molar-refractivity contribution in [3.05, 3.63) is 53.6 Å². The Morgan fingerprint density at radius 3 is 2.94 bits per heavy atom. The molecule has 1 aromatic heterocycles. The van der Waals surface area contributed by atoms with E-state index in [0.29, 0.717) is 6.04 Å². The average molecular weight is 228 g/mol. The van der Waals surface area contributed by atoms with Gasteiger partial charge >= 0.3 is 0 Å². The van der Waals surface area contributed by atoms with Crippen molar-refractivity contribution >= 4 is 0 Å². The summed E-state index contributed by atoms with van der Waals surface area (Å²) < 4.78 is 2.12. The van der Waals surface area contributed by atoms with Crippen LogP contribution in [-0.2, 0) is 19.4 Å². The molecule has 3 rings (SSSR count). The zero-order valence-electron chi connectivity index (χ0n) is 9.71. The van der Waals surface area contributed by atoms with Crippen LogP contribution < -0.4 is 0 Å². The normalized spacial score (nSPS) is 19.0. The minimum atomic E-state index is 0.0676. The van der Waals surface area contributed by atoms with Gasteiger partial charge in [-0.1, -0.05) is 24.3 Å². The molecule has 0 saturated carbocycles. The number of hydrogen-bond donors (Lipinski definition) is 1. The van der Waals surface area contributed by atoms with E-state index in [1.54, 1.807) is 6.20 Å². The lowest BCUT2D eigenvalue weighted by Gasteiger charge is -2.26. The highest BCUT2D eigenvalue weighted by Gasteiger charge is 2.20. The molecule has 0 saturated heterocycles. The van der Waals surface area contributed by atoms with Gasteiger partial charge in [-0.05, 0) is 30.4 Å². The number of fused-ring (bicyclic) bond motifs is 1. The van der Waals surface area contributed by atoms with E-state index < -0.39 is 0 Å². The van der Waals surface area contributed by atoms with Crippen molar-refractivity contribution in [3.8, 4) is 0 Å². The summed E-state index contributed by atoms with van der Waals surface area (Å²) in [5, 5.41) is 9.27. The maximum absolute atomic E-state index is 9.27. The van der Waals surface area contributed by atoms with Gasteiger partial charge in [0.25, 0.3) is 0 Å². The first-order valence-electron chi connectivity index (χ1n) is 6.07. The molecule has 0 fully saturated rings. The van der Waals surface area contributed by atoms with Crippen molar-refractivity contribution in [2.45, 2.75) is 31.9 Å². The van der Waals surface area contributed by atoms with Crippen LogP contribution in [0.5, 0.6) is 0 Å². The number of aliphatic hydroxyl groups is 1. The van der Waals surface area contributed by atoms with Gasteiger partial charge in [-0.15, -0.1) is 0 Å². The molecule has 88 valence electrons.